The van der Waals surface area contributed by atoms with Crippen LogP contribution in [0, 0.1) is 5.92 Å². The number of allylic oxidation sites excluding steroid dienone is 1. The molecule has 0 fully saturated rings. The lowest BCUT2D eigenvalue weighted by Gasteiger charge is -2.12. The normalized spacial score (nSPS) is 12.5. The molecular weight excluding hydrogens is 244 g/mol. The predicted molar refractivity (Wildman–Crippen MR) is 75.0 cm³/mol. The van der Waals surface area contributed by atoms with E-state index in [2.05, 4.69) is 4.98 Å². The van der Waals surface area contributed by atoms with E-state index in [1.54, 1.807) is 25.4 Å². The lowest BCUT2D eigenvalue weighted by Crippen LogP contribution is -2.10. The minimum Gasteiger partial charge on any atom is -0.512 e. The highest BCUT2D eigenvalue weighted by Crippen LogP contribution is 2.22. The van der Waals surface area contributed by atoms with Gasteiger partial charge in [0.2, 0.25) is 0 Å². The summed E-state index contributed by atoms with van der Waals surface area (Å²) in [5, 5.41) is 10.0. The van der Waals surface area contributed by atoms with Gasteiger partial charge in [-0.05, 0) is 6.07 Å². The van der Waals surface area contributed by atoms with E-state index in [9.17, 15) is 5.11 Å². The van der Waals surface area contributed by atoms with E-state index in [0.29, 0.717) is 30.2 Å². The number of hydrogen-bond acceptors (Lipinski definition) is 5. The van der Waals surface area contributed by atoms with Gasteiger partial charge in [0.05, 0.1) is 12.3 Å². The van der Waals surface area contributed by atoms with Crippen molar-refractivity contribution in [3.8, 4) is 5.75 Å². The van der Waals surface area contributed by atoms with E-state index in [1.807, 2.05) is 13.8 Å². The zero-order valence-corrected chi connectivity index (χ0v) is 11.7. The summed E-state index contributed by atoms with van der Waals surface area (Å²) in [6.07, 6.45) is 1.64. The molecule has 0 saturated carbocycles. The van der Waals surface area contributed by atoms with Crippen LogP contribution >= 0.6 is 0 Å². The van der Waals surface area contributed by atoms with Crippen LogP contribution in [0.2, 0.25) is 0 Å². The summed E-state index contributed by atoms with van der Waals surface area (Å²) in [6.45, 7) is 5.04. The van der Waals surface area contributed by atoms with Crippen LogP contribution in [0.4, 0.5) is 0 Å². The van der Waals surface area contributed by atoms with Gasteiger partial charge in [0.1, 0.15) is 18.1 Å². The van der Waals surface area contributed by atoms with Crippen molar-refractivity contribution >= 4 is 5.57 Å². The molecule has 0 amide bonds. The molecule has 0 aliphatic heterocycles. The average Bonchev–Trinajstić information content (AvgIpc) is 2.40. The third-order valence-electron chi connectivity index (χ3n) is 2.66. The largest absolute Gasteiger partial charge is 0.512 e. The zero-order chi connectivity index (χ0) is 14.3. The van der Waals surface area contributed by atoms with Gasteiger partial charge in [0, 0.05) is 37.4 Å². The van der Waals surface area contributed by atoms with Gasteiger partial charge < -0.3 is 20.3 Å². The fraction of sp³-hybridized carbons (Fsp3) is 0.500. The molecule has 0 saturated heterocycles. The number of rotatable bonds is 7. The summed E-state index contributed by atoms with van der Waals surface area (Å²) in [4.78, 5) is 4.23. The Hall–Kier alpha value is -1.59. The molecule has 0 spiro atoms. The quantitative estimate of drug-likeness (QED) is 0.583. The van der Waals surface area contributed by atoms with E-state index in [0.717, 1.165) is 0 Å². The molecule has 0 radical (unpaired) electrons. The summed E-state index contributed by atoms with van der Waals surface area (Å²) >= 11 is 0. The molecule has 0 aliphatic rings. The molecule has 0 aliphatic carbocycles. The van der Waals surface area contributed by atoms with Crippen LogP contribution in [0.1, 0.15) is 19.5 Å². The average molecular weight is 266 g/mol. The van der Waals surface area contributed by atoms with Gasteiger partial charge in [-0.2, -0.15) is 0 Å². The summed E-state index contributed by atoms with van der Waals surface area (Å²) in [5.41, 5.74) is 6.98. The van der Waals surface area contributed by atoms with Gasteiger partial charge >= 0.3 is 0 Å². The molecule has 5 heteroatoms. The van der Waals surface area contributed by atoms with E-state index in [-0.39, 0.29) is 18.2 Å². The minimum atomic E-state index is 0.0124. The van der Waals surface area contributed by atoms with Gasteiger partial charge in [0.15, 0.2) is 0 Å². The maximum atomic E-state index is 10.0. The Bertz CT molecular complexity index is 430. The number of aliphatic hydroxyl groups is 1. The third-order valence-corrected chi connectivity index (χ3v) is 2.66. The Labute approximate surface area is 114 Å². The van der Waals surface area contributed by atoms with Crippen LogP contribution in [0.15, 0.2) is 24.1 Å². The molecule has 106 valence electrons. The van der Waals surface area contributed by atoms with Crippen molar-refractivity contribution in [3.63, 3.8) is 0 Å². The van der Waals surface area contributed by atoms with Gasteiger partial charge in [-0.3, -0.25) is 4.98 Å². The lowest BCUT2D eigenvalue weighted by atomic mass is 10.0. The smallest absolute Gasteiger partial charge is 0.123 e. The highest BCUT2D eigenvalue weighted by molar-refractivity contribution is 5.66. The van der Waals surface area contributed by atoms with Crippen molar-refractivity contribution in [1.29, 1.82) is 0 Å². The number of ether oxygens (including phenoxy) is 2. The molecule has 0 unspecified atom stereocenters. The van der Waals surface area contributed by atoms with Crippen LogP contribution < -0.4 is 10.5 Å². The van der Waals surface area contributed by atoms with Crippen LogP contribution in [-0.4, -0.2) is 37.0 Å². The number of methoxy groups -OCH3 is 1. The first kappa shape index (κ1) is 15.5. The van der Waals surface area contributed by atoms with Gasteiger partial charge in [-0.25, -0.2) is 0 Å². The molecule has 0 atom stereocenters. The van der Waals surface area contributed by atoms with Crippen molar-refractivity contribution in [2.45, 2.75) is 13.8 Å². The van der Waals surface area contributed by atoms with Crippen molar-refractivity contribution in [2.75, 3.05) is 26.9 Å². The molecule has 19 heavy (non-hydrogen) atoms. The summed E-state index contributed by atoms with van der Waals surface area (Å²) in [7, 11) is 1.62. The molecule has 0 aromatic carbocycles. The Morgan fingerprint density at radius 1 is 1.42 bits per heavy atom. The third kappa shape index (κ3) is 4.54. The summed E-state index contributed by atoms with van der Waals surface area (Å²) in [5.74, 6) is 0.965. The zero-order valence-electron chi connectivity index (χ0n) is 11.7. The Morgan fingerprint density at radius 3 is 2.74 bits per heavy atom. The molecular formula is C14H22N2O3. The van der Waals surface area contributed by atoms with Gasteiger partial charge in [0.25, 0.3) is 0 Å². The molecule has 0 bridgehead atoms. The second kappa shape index (κ2) is 7.76. The maximum absolute atomic E-state index is 10.0. The molecule has 1 rings (SSSR count). The Kier molecular flexibility index (Phi) is 6.32. The lowest BCUT2D eigenvalue weighted by molar-refractivity contribution is 0.146. The maximum Gasteiger partial charge on any atom is 0.123 e. The first-order valence-corrected chi connectivity index (χ1v) is 6.30. The number of pyridine rings is 1. The number of hydrogen-bond donors (Lipinski definition) is 2. The van der Waals surface area contributed by atoms with Crippen molar-refractivity contribution in [2.24, 2.45) is 11.7 Å². The topological polar surface area (TPSA) is 77.6 Å². The van der Waals surface area contributed by atoms with E-state index < -0.39 is 0 Å². The fourth-order valence-corrected chi connectivity index (χ4v) is 1.60. The molecule has 1 aromatic rings. The van der Waals surface area contributed by atoms with E-state index in [1.165, 1.54) is 0 Å². The van der Waals surface area contributed by atoms with Gasteiger partial charge in [-0.15, -0.1) is 0 Å². The standard InChI is InChI=1S/C14H22N2O3/c1-10(2)14(17)12(9-15)13-8-11(4-5-16-13)19-7-6-18-3/h4-5,8,10,17H,6-7,9,15H2,1-3H3. The summed E-state index contributed by atoms with van der Waals surface area (Å²) < 4.78 is 10.4. The summed E-state index contributed by atoms with van der Waals surface area (Å²) in [6, 6.07) is 3.54. The highest BCUT2D eigenvalue weighted by atomic mass is 16.5. The van der Waals surface area contributed by atoms with Gasteiger partial charge in [-0.1, -0.05) is 13.8 Å². The Balaban J connectivity index is 2.94. The first-order chi connectivity index (χ1) is 9.10. The SMILES string of the molecule is COCCOc1ccnc(C(CN)=C(O)C(C)C)c1. The van der Waals surface area contributed by atoms with Crippen molar-refractivity contribution < 1.29 is 14.6 Å². The Morgan fingerprint density at radius 2 is 2.16 bits per heavy atom. The fourth-order valence-electron chi connectivity index (χ4n) is 1.60. The highest BCUT2D eigenvalue weighted by Gasteiger charge is 2.12. The first-order valence-electron chi connectivity index (χ1n) is 6.30. The number of nitrogens with zero attached hydrogens (tertiary/aromatic N) is 1. The second-order valence-electron chi connectivity index (χ2n) is 4.44. The minimum absolute atomic E-state index is 0.0124. The van der Waals surface area contributed by atoms with Crippen molar-refractivity contribution in [1.82, 2.24) is 4.98 Å². The number of nitrogens with two attached hydrogens (primary N) is 1. The van der Waals surface area contributed by atoms with Crippen LogP contribution in [0.5, 0.6) is 5.75 Å². The monoisotopic (exact) mass is 266 g/mol. The van der Waals surface area contributed by atoms with Crippen LogP contribution in [0.25, 0.3) is 5.57 Å². The van der Waals surface area contributed by atoms with E-state index in [4.69, 9.17) is 15.2 Å². The number of aliphatic hydroxyl groups excluding tert-OH is 1. The molecule has 5 nitrogen and oxygen atoms in total. The molecule has 1 aromatic heterocycles. The molecule has 1 heterocycles. The van der Waals surface area contributed by atoms with E-state index >= 15 is 0 Å². The predicted octanol–water partition coefficient (Wildman–Crippen LogP) is 1.99. The van der Waals surface area contributed by atoms with Crippen LogP contribution in [0.3, 0.4) is 0 Å². The van der Waals surface area contributed by atoms with Crippen molar-refractivity contribution in [3.05, 3.63) is 29.8 Å². The van der Waals surface area contributed by atoms with Crippen LogP contribution in [-0.2, 0) is 4.74 Å². The molecule has 3 N–H and O–H groups in total. The number of aromatic nitrogens is 1. The second-order valence-corrected chi connectivity index (χ2v) is 4.44.